The van der Waals surface area contributed by atoms with E-state index in [-0.39, 0.29) is 11.6 Å². The maximum Gasteiger partial charge on any atom is 0.332 e. The van der Waals surface area contributed by atoms with Gasteiger partial charge in [-0.15, -0.1) is 0 Å². The molecule has 1 amide bonds. The number of nitrogens with zero attached hydrogens (tertiary/aromatic N) is 3. The Labute approximate surface area is 179 Å². The van der Waals surface area contributed by atoms with E-state index in [0.717, 1.165) is 11.1 Å². The molecule has 5 nitrogen and oxygen atoms in total. The summed E-state index contributed by atoms with van der Waals surface area (Å²) < 4.78 is 1.27. The van der Waals surface area contributed by atoms with Crippen molar-refractivity contribution in [1.82, 2.24) is 9.47 Å². The number of hydrogen-bond donors (Lipinski definition) is 0. The molecule has 0 unspecified atom stereocenters. The molecule has 1 fully saturated rings. The van der Waals surface area contributed by atoms with Crippen LogP contribution in [0.2, 0.25) is 10.0 Å². The summed E-state index contributed by atoms with van der Waals surface area (Å²) in [5, 5.41) is 1.87. The highest BCUT2D eigenvalue weighted by Crippen LogP contribution is 2.31. The third-order valence-electron chi connectivity index (χ3n) is 5.40. The van der Waals surface area contributed by atoms with Gasteiger partial charge < -0.3 is 9.80 Å². The van der Waals surface area contributed by atoms with Crippen LogP contribution in [0.1, 0.15) is 13.8 Å². The average Bonchev–Trinajstić information content (AvgIpc) is 2.68. The number of para-hydroxylation sites is 1. The maximum atomic E-state index is 13.4. The number of rotatable bonds is 1. The number of carbonyl (C=O) groups excluding carboxylic acids is 1. The maximum absolute atomic E-state index is 13.4. The number of hydrogen-bond acceptors (Lipinski definition) is 3. The number of aromatic nitrogens is 1. The standard InChI is InChI=1S/C22H21Cl2N3O2/c1-22(2)14-25(16-8-9-17(23)18(24)13-16)11-12-26(22)21(29)27-19-6-4-3-5-15(19)7-10-20(27)28/h3-10,13H,11-12,14H2,1-2H3. The van der Waals surface area contributed by atoms with Crippen molar-refractivity contribution in [3.8, 4) is 0 Å². The first-order valence-electron chi connectivity index (χ1n) is 9.41. The first kappa shape index (κ1) is 19.8. The number of carbonyl (C=O) groups is 1. The van der Waals surface area contributed by atoms with Crippen LogP contribution in [0.15, 0.2) is 59.4 Å². The van der Waals surface area contributed by atoms with Gasteiger partial charge in [-0.3, -0.25) is 4.79 Å². The molecule has 29 heavy (non-hydrogen) atoms. The van der Waals surface area contributed by atoms with Gasteiger partial charge in [0, 0.05) is 31.4 Å². The van der Waals surface area contributed by atoms with Crippen molar-refractivity contribution >= 4 is 45.8 Å². The molecule has 3 aromatic rings. The van der Waals surface area contributed by atoms with Gasteiger partial charge in [0.25, 0.3) is 5.56 Å². The molecule has 0 bridgehead atoms. The molecule has 1 saturated heterocycles. The van der Waals surface area contributed by atoms with E-state index >= 15 is 0 Å². The quantitative estimate of drug-likeness (QED) is 0.553. The largest absolute Gasteiger partial charge is 0.367 e. The molecule has 0 aliphatic carbocycles. The highest BCUT2D eigenvalue weighted by atomic mass is 35.5. The lowest BCUT2D eigenvalue weighted by atomic mass is 9.98. The normalized spacial score (nSPS) is 16.3. The van der Waals surface area contributed by atoms with Crippen molar-refractivity contribution in [2.24, 2.45) is 0 Å². The van der Waals surface area contributed by atoms with Crippen molar-refractivity contribution < 1.29 is 4.79 Å². The van der Waals surface area contributed by atoms with E-state index in [1.165, 1.54) is 10.6 Å². The Hall–Kier alpha value is -2.50. The van der Waals surface area contributed by atoms with E-state index in [2.05, 4.69) is 4.90 Å². The topological polar surface area (TPSA) is 45.5 Å². The average molecular weight is 430 g/mol. The van der Waals surface area contributed by atoms with Crippen LogP contribution in [-0.4, -0.2) is 40.7 Å². The number of pyridine rings is 1. The predicted octanol–water partition coefficient (Wildman–Crippen LogP) is 4.88. The number of fused-ring (bicyclic) bond motifs is 1. The second-order valence-corrected chi connectivity index (χ2v) is 8.65. The number of benzene rings is 2. The van der Waals surface area contributed by atoms with Gasteiger partial charge in [-0.2, -0.15) is 0 Å². The minimum absolute atomic E-state index is 0.300. The lowest BCUT2D eigenvalue weighted by Crippen LogP contribution is -2.62. The van der Waals surface area contributed by atoms with E-state index < -0.39 is 5.54 Å². The summed E-state index contributed by atoms with van der Waals surface area (Å²) in [5.41, 5.74) is 0.767. The van der Waals surface area contributed by atoms with Gasteiger partial charge >= 0.3 is 6.03 Å². The zero-order valence-electron chi connectivity index (χ0n) is 16.2. The van der Waals surface area contributed by atoms with E-state index in [9.17, 15) is 9.59 Å². The SMILES string of the molecule is CC1(C)CN(c2ccc(Cl)c(Cl)c2)CCN1C(=O)n1c(=O)ccc2ccccc21. The molecule has 0 N–H and O–H groups in total. The second kappa shape index (κ2) is 7.39. The van der Waals surface area contributed by atoms with Gasteiger partial charge in [0.2, 0.25) is 0 Å². The van der Waals surface area contributed by atoms with Crippen LogP contribution in [0.25, 0.3) is 10.9 Å². The number of anilines is 1. The van der Waals surface area contributed by atoms with Gasteiger partial charge in [-0.25, -0.2) is 9.36 Å². The lowest BCUT2D eigenvalue weighted by Gasteiger charge is -2.47. The van der Waals surface area contributed by atoms with Crippen molar-refractivity contribution in [3.63, 3.8) is 0 Å². The fraction of sp³-hybridized carbons (Fsp3) is 0.273. The molecule has 1 aromatic heterocycles. The van der Waals surface area contributed by atoms with Crippen LogP contribution in [0.3, 0.4) is 0 Å². The molecule has 1 aliphatic rings. The summed E-state index contributed by atoms with van der Waals surface area (Å²) in [6.07, 6.45) is 0. The first-order chi connectivity index (χ1) is 13.8. The van der Waals surface area contributed by atoms with Gasteiger partial charge in [0.15, 0.2) is 0 Å². The molecule has 7 heteroatoms. The summed E-state index contributed by atoms with van der Waals surface area (Å²) >= 11 is 12.2. The third kappa shape index (κ3) is 3.61. The summed E-state index contributed by atoms with van der Waals surface area (Å²) in [6.45, 7) is 5.74. The number of halogens is 2. The van der Waals surface area contributed by atoms with Crippen LogP contribution in [0.5, 0.6) is 0 Å². The van der Waals surface area contributed by atoms with Crippen LogP contribution < -0.4 is 10.5 Å². The van der Waals surface area contributed by atoms with E-state index in [1.807, 2.05) is 44.2 Å². The van der Waals surface area contributed by atoms with Crippen LogP contribution >= 0.6 is 23.2 Å². The van der Waals surface area contributed by atoms with Crippen molar-refractivity contribution in [2.45, 2.75) is 19.4 Å². The minimum Gasteiger partial charge on any atom is -0.367 e. The highest BCUT2D eigenvalue weighted by Gasteiger charge is 2.38. The van der Waals surface area contributed by atoms with Crippen molar-refractivity contribution in [1.29, 1.82) is 0 Å². The van der Waals surface area contributed by atoms with Gasteiger partial charge in [0.1, 0.15) is 0 Å². The minimum atomic E-state index is -0.488. The molecular weight excluding hydrogens is 409 g/mol. The Bertz CT molecular complexity index is 1160. The van der Waals surface area contributed by atoms with Crippen LogP contribution in [0, 0.1) is 0 Å². The highest BCUT2D eigenvalue weighted by molar-refractivity contribution is 6.42. The third-order valence-corrected chi connectivity index (χ3v) is 6.14. The Morgan fingerprint density at radius 2 is 1.72 bits per heavy atom. The molecule has 2 aromatic carbocycles. The molecule has 1 aliphatic heterocycles. The molecule has 150 valence electrons. The smallest absolute Gasteiger partial charge is 0.332 e. The zero-order valence-corrected chi connectivity index (χ0v) is 17.7. The Kier molecular flexibility index (Phi) is 5.05. The van der Waals surface area contributed by atoms with Crippen LogP contribution in [-0.2, 0) is 0 Å². The summed E-state index contributed by atoms with van der Waals surface area (Å²) in [6, 6.07) is 15.8. The predicted molar refractivity (Wildman–Crippen MR) is 118 cm³/mol. The molecule has 2 heterocycles. The molecule has 4 rings (SSSR count). The van der Waals surface area contributed by atoms with Gasteiger partial charge in [0.05, 0.1) is 21.1 Å². The van der Waals surface area contributed by atoms with E-state index in [4.69, 9.17) is 23.2 Å². The van der Waals surface area contributed by atoms with Crippen molar-refractivity contribution in [2.75, 3.05) is 24.5 Å². The Balaban J connectivity index is 1.66. The molecule has 0 radical (unpaired) electrons. The first-order valence-corrected chi connectivity index (χ1v) is 10.2. The fourth-order valence-electron chi connectivity index (χ4n) is 3.92. The monoisotopic (exact) mass is 429 g/mol. The Morgan fingerprint density at radius 3 is 2.45 bits per heavy atom. The van der Waals surface area contributed by atoms with Gasteiger partial charge in [-0.05, 0) is 49.6 Å². The van der Waals surface area contributed by atoms with E-state index in [1.54, 1.807) is 23.1 Å². The fourth-order valence-corrected chi connectivity index (χ4v) is 4.21. The summed E-state index contributed by atoms with van der Waals surface area (Å²) in [5.74, 6) is 0. The molecule has 0 saturated carbocycles. The van der Waals surface area contributed by atoms with Gasteiger partial charge in [-0.1, -0.05) is 41.4 Å². The lowest BCUT2D eigenvalue weighted by molar-refractivity contribution is 0.125. The van der Waals surface area contributed by atoms with E-state index in [0.29, 0.717) is 35.2 Å². The Morgan fingerprint density at radius 1 is 0.966 bits per heavy atom. The summed E-state index contributed by atoms with van der Waals surface area (Å²) in [7, 11) is 0. The molecule has 0 spiro atoms. The molecular formula is C22H21Cl2N3O2. The van der Waals surface area contributed by atoms with Crippen molar-refractivity contribution in [3.05, 3.63) is 75.0 Å². The number of piperazine rings is 1. The second-order valence-electron chi connectivity index (χ2n) is 7.83. The number of amides is 1. The van der Waals surface area contributed by atoms with Crippen LogP contribution in [0.4, 0.5) is 10.5 Å². The molecule has 0 atom stereocenters. The summed E-state index contributed by atoms with van der Waals surface area (Å²) in [4.78, 5) is 29.9. The zero-order chi connectivity index (χ0) is 20.8.